The van der Waals surface area contributed by atoms with Crippen LogP contribution >= 0.6 is 0 Å². The first-order chi connectivity index (χ1) is 12.2. The van der Waals surface area contributed by atoms with Gasteiger partial charge in [-0.1, -0.05) is 42.5 Å². The average Bonchev–Trinajstić information content (AvgIpc) is 3.20. The number of aromatic nitrogens is 2. The minimum absolute atomic E-state index is 0.304. The Hall–Kier alpha value is -2.88. The van der Waals surface area contributed by atoms with Crippen molar-refractivity contribution in [2.75, 3.05) is 0 Å². The van der Waals surface area contributed by atoms with Gasteiger partial charge < -0.3 is 10.7 Å². The molecule has 0 bridgehead atoms. The summed E-state index contributed by atoms with van der Waals surface area (Å²) in [6, 6.07) is 14.1. The van der Waals surface area contributed by atoms with Crippen LogP contribution in [0, 0.1) is 0 Å². The first-order valence-corrected chi connectivity index (χ1v) is 8.83. The topological polar surface area (TPSA) is 71.8 Å². The molecule has 0 saturated carbocycles. The van der Waals surface area contributed by atoms with Crippen molar-refractivity contribution in [3.8, 4) is 22.5 Å². The van der Waals surface area contributed by atoms with E-state index in [2.05, 4.69) is 17.1 Å². The molecule has 2 aromatic carbocycles. The Bertz CT molecular complexity index is 979. The van der Waals surface area contributed by atoms with Crippen molar-refractivity contribution in [1.82, 2.24) is 9.97 Å². The molecule has 124 valence electrons. The lowest BCUT2D eigenvalue weighted by molar-refractivity contribution is -0.118. The Morgan fingerprint density at radius 2 is 1.76 bits per heavy atom. The van der Waals surface area contributed by atoms with Gasteiger partial charge in [0.25, 0.3) is 0 Å². The number of H-pyrrole nitrogens is 1. The summed E-state index contributed by atoms with van der Waals surface area (Å²) in [6.07, 6.45) is 4.53. The van der Waals surface area contributed by atoms with Crippen molar-refractivity contribution in [2.45, 2.75) is 31.6 Å². The largest absolute Gasteiger partial charge is 0.369 e. The lowest BCUT2D eigenvalue weighted by Crippen LogP contribution is -2.20. The highest BCUT2D eigenvalue weighted by molar-refractivity contribution is 5.99. The first kappa shape index (κ1) is 14.5. The standard InChI is InChI=1S/C21H19N3O/c22-20(25)19-13-7-2-1-6-12(13)18-14(19)8-5-9-15(18)21-23-16-10-3-4-11-17(16)24-21/h1-2,5-9,19H,3-4,10-11H2,(H2,22,25)(H,23,24)/t19-/m1/s1. The number of primary amides is 1. The number of hydrogen-bond donors (Lipinski definition) is 2. The maximum Gasteiger partial charge on any atom is 0.229 e. The van der Waals surface area contributed by atoms with Crippen LogP contribution in [0.1, 0.15) is 41.3 Å². The van der Waals surface area contributed by atoms with Gasteiger partial charge in [0.2, 0.25) is 5.91 Å². The number of fused-ring (bicyclic) bond motifs is 4. The zero-order chi connectivity index (χ0) is 17.0. The first-order valence-electron chi connectivity index (χ1n) is 8.83. The number of benzene rings is 2. The second kappa shape index (κ2) is 5.31. The lowest BCUT2D eigenvalue weighted by atomic mass is 9.95. The number of imidazole rings is 1. The fourth-order valence-corrected chi connectivity index (χ4v) is 4.34. The molecule has 4 nitrogen and oxygen atoms in total. The molecule has 0 aliphatic heterocycles. The van der Waals surface area contributed by atoms with Crippen LogP contribution in [0.5, 0.6) is 0 Å². The molecule has 0 spiro atoms. The maximum atomic E-state index is 12.1. The van der Waals surface area contributed by atoms with Gasteiger partial charge >= 0.3 is 0 Å². The molecule has 1 heterocycles. The van der Waals surface area contributed by atoms with Gasteiger partial charge in [0.05, 0.1) is 11.6 Å². The van der Waals surface area contributed by atoms with E-state index in [1.165, 1.54) is 24.2 Å². The molecule has 4 heteroatoms. The quantitative estimate of drug-likeness (QED) is 0.754. The summed E-state index contributed by atoms with van der Waals surface area (Å²) in [7, 11) is 0. The fraction of sp³-hybridized carbons (Fsp3) is 0.238. The molecule has 2 aliphatic rings. The Labute approximate surface area is 146 Å². The van der Waals surface area contributed by atoms with E-state index >= 15 is 0 Å². The summed E-state index contributed by atoms with van der Waals surface area (Å²) in [5, 5.41) is 0. The van der Waals surface area contributed by atoms with Crippen LogP contribution in [0.25, 0.3) is 22.5 Å². The number of carbonyl (C=O) groups excluding carboxylic acids is 1. The number of nitrogens with zero attached hydrogens (tertiary/aromatic N) is 1. The molecule has 1 amide bonds. The third-order valence-electron chi connectivity index (χ3n) is 5.44. The molecular formula is C21H19N3O. The number of hydrogen-bond acceptors (Lipinski definition) is 2. The van der Waals surface area contributed by atoms with E-state index in [1.54, 1.807) is 0 Å². The van der Waals surface area contributed by atoms with Crippen molar-refractivity contribution in [3.63, 3.8) is 0 Å². The van der Waals surface area contributed by atoms with Gasteiger partial charge in [0.1, 0.15) is 5.82 Å². The molecular weight excluding hydrogens is 310 g/mol. The second-order valence-electron chi connectivity index (χ2n) is 6.91. The lowest BCUT2D eigenvalue weighted by Gasteiger charge is -2.10. The van der Waals surface area contributed by atoms with Crippen LogP contribution in [0.2, 0.25) is 0 Å². The van der Waals surface area contributed by atoms with E-state index < -0.39 is 0 Å². The monoisotopic (exact) mass is 329 g/mol. The zero-order valence-corrected chi connectivity index (χ0v) is 13.9. The third kappa shape index (κ3) is 2.07. The maximum absolute atomic E-state index is 12.1. The van der Waals surface area contributed by atoms with Crippen molar-refractivity contribution < 1.29 is 4.79 Å². The van der Waals surface area contributed by atoms with Gasteiger partial charge in [0, 0.05) is 11.3 Å². The van der Waals surface area contributed by atoms with Crippen LogP contribution in [-0.4, -0.2) is 15.9 Å². The summed E-state index contributed by atoms with van der Waals surface area (Å²) in [4.78, 5) is 20.5. The number of carbonyl (C=O) groups is 1. The average molecular weight is 329 g/mol. The van der Waals surface area contributed by atoms with E-state index in [-0.39, 0.29) is 11.8 Å². The van der Waals surface area contributed by atoms with E-state index in [0.717, 1.165) is 46.5 Å². The van der Waals surface area contributed by atoms with Crippen molar-refractivity contribution in [3.05, 3.63) is 65.0 Å². The predicted octanol–water partition coefficient (Wildman–Crippen LogP) is 3.55. The Morgan fingerprint density at radius 3 is 2.60 bits per heavy atom. The molecule has 3 aromatic rings. The summed E-state index contributed by atoms with van der Waals surface area (Å²) in [6.45, 7) is 0. The Balaban J connectivity index is 1.75. The van der Waals surface area contributed by atoms with E-state index in [1.807, 2.05) is 30.3 Å². The highest BCUT2D eigenvalue weighted by atomic mass is 16.1. The number of amides is 1. The number of aromatic amines is 1. The number of rotatable bonds is 2. The van der Waals surface area contributed by atoms with E-state index in [4.69, 9.17) is 10.7 Å². The van der Waals surface area contributed by atoms with Crippen molar-refractivity contribution in [2.24, 2.45) is 5.73 Å². The van der Waals surface area contributed by atoms with Crippen LogP contribution in [0.3, 0.4) is 0 Å². The summed E-state index contributed by atoms with van der Waals surface area (Å²) in [5.41, 5.74) is 13.4. The van der Waals surface area contributed by atoms with Crippen molar-refractivity contribution >= 4 is 5.91 Å². The number of nitrogens with one attached hydrogen (secondary N) is 1. The Morgan fingerprint density at radius 1 is 1.00 bits per heavy atom. The highest BCUT2D eigenvalue weighted by Gasteiger charge is 2.34. The molecule has 0 unspecified atom stereocenters. The van der Waals surface area contributed by atoms with Crippen LogP contribution in [0.4, 0.5) is 0 Å². The molecule has 3 N–H and O–H groups in total. The van der Waals surface area contributed by atoms with Crippen LogP contribution in [-0.2, 0) is 17.6 Å². The van der Waals surface area contributed by atoms with Gasteiger partial charge in [-0.25, -0.2) is 4.98 Å². The predicted molar refractivity (Wildman–Crippen MR) is 97.1 cm³/mol. The highest BCUT2D eigenvalue weighted by Crippen LogP contribution is 2.48. The molecule has 2 aliphatic carbocycles. The van der Waals surface area contributed by atoms with E-state index in [9.17, 15) is 4.79 Å². The summed E-state index contributed by atoms with van der Waals surface area (Å²) >= 11 is 0. The minimum atomic E-state index is -0.379. The molecule has 0 saturated heterocycles. The van der Waals surface area contributed by atoms with Gasteiger partial charge in [-0.15, -0.1) is 0 Å². The number of aryl methyl sites for hydroxylation is 2. The van der Waals surface area contributed by atoms with Gasteiger partial charge in [-0.05, 0) is 47.9 Å². The van der Waals surface area contributed by atoms with Gasteiger partial charge in [-0.2, -0.15) is 0 Å². The minimum Gasteiger partial charge on any atom is -0.369 e. The molecule has 0 radical (unpaired) electrons. The SMILES string of the molecule is NC(=O)[C@@H]1c2ccccc2-c2c(-c3nc4c([nH]3)CCCC4)cccc21. The third-order valence-corrected chi connectivity index (χ3v) is 5.44. The normalized spacial score (nSPS) is 17.7. The fourth-order valence-electron chi connectivity index (χ4n) is 4.34. The van der Waals surface area contributed by atoms with Crippen LogP contribution in [0.15, 0.2) is 42.5 Å². The van der Waals surface area contributed by atoms with Gasteiger partial charge in [-0.3, -0.25) is 4.79 Å². The molecule has 0 fully saturated rings. The summed E-state index contributed by atoms with van der Waals surface area (Å²) in [5.74, 6) is 0.224. The Kier molecular flexibility index (Phi) is 3.07. The molecule has 1 aromatic heterocycles. The molecule has 25 heavy (non-hydrogen) atoms. The van der Waals surface area contributed by atoms with Crippen LogP contribution < -0.4 is 5.73 Å². The molecule has 5 rings (SSSR count). The van der Waals surface area contributed by atoms with Gasteiger partial charge in [0.15, 0.2) is 0 Å². The smallest absolute Gasteiger partial charge is 0.229 e. The van der Waals surface area contributed by atoms with Crippen molar-refractivity contribution in [1.29, 1.82) is 0 Å². The van der Waals surface area contributed by atoms with E-state index in [0.29, 0.717) is 0 Å². The second-order valence-corrected chi connectivity index (χ2v) is 6.91. The molecule has 1 atom stereocenters. The number of nitrogens with two attached hydrogens (primary N) is 1. The summed E-state index contributed by atoms with van der Waals surface area (Å²) < 4.78 is 0. The zero-order valence-electron chi connectivity index (χ0n) is 13.9.